The number of likely N-dealkylation sites (N-methyl/N-ethyl adjacent to an activating group) is 1. The van der Waals surface area contributed by atoms with Crippen molar-refractivity contribution in [2.45, 2.75) is 31.5 Å². The van der Waals surface area contributed by atoms with Gasteiger partial charge in [0.1, 0.15) is 12.2 Å². The van der Waals surface area contributed by atoms with Crippen LogP contribution < -0.4 is 11.1 Å². The molecule has 0 radical (unpaired) electrons. The van der Waals surface area contributed by atoms with Gasteiger partial charge in [-0.15, -0.1) is 0 Å². The normalized spacial score (nSPS) is 27.5. The summed E-state index contributed by atoms with van der Waals surface area (Å²) in [6, 6.07) is 0. The maximum Gasteiger partial charge on any atom is 0.312 e. The third-order valence-corrected chi connectivity index (χ3v) is 3.54. The van der Waals surface area contributed by atoms with Crippen LogP contribution in [0.15, 0.2) is 6.33 Å². The number of halogens is 1. The number of ether oxygens (including phenoxy) is 1. The Morgan fingerprint density at radius 2 is 2.22 bits per heavy atom. The molecular formula is C12H15FN6O4. The van der Waals surface area contributed by atoms with E-state index in [1.165, 1.54) is 10.9 Å². The lowest BCUT2D eigenvalue weighted by atomic mass is 10.1. The molecular weight excluding hydrogens is 311 g/mol. The molecule has 1 amide bonds. The molecule has 11 heteroatoms. The average molecular weight is 326 g/mol. The number of carbonyl (C=O) groups excluding carboxylic acids is 1. The van der Waals surface area contributed by atoms with Crippen molar-refractivity contribution in [3.63, 3.8) is 0 Å². The van der Waals surface area contributed by atoms with E-state index in [2.05, 4.69) is 20.3 Å². The Bertz CT molecular complexity index is 752. The van der Waals surface area contributed by atoms with Crippen LogP contribution in [0.5, 0.6) is 0 Å². The Morgan fingerprint density at radius 3 is 2.91 bits per heavy atom. The number of aliphatic hydroxyl groups excluding tert-OH is 2. The lowest BCUT2D eigenvalue weighted by Crippen LogP contribution is -2.42. The molecule has 124 valence electrons. The molecule has 1 fully saturated rings. The molecule has 1 saturated heterocycles. The lowest BCUT2D eigenvalue weighted by Gasteiger charge is -2.16. The number of nitrogen functional groups attached to an aromatic ring is 1. The van der Waals surface area contributed by atoms with E-state index in [0.29, 0.717) is 6.54 Å². The summed E-state index contributed by atoms with van der Waals surface area (Å²) >= 11 is 0. The van der Waals surface area contributed by atoms with Crippen molar-refractivity contribution < 1.29 is 24.1 Å². The Labute approximate surface area is 129 Å². The monoisotopic (exact) mass is 326 g/mol. The van der Waals surface area contributed by atoms with E-state index in [9.17, 15) is 19.4 Å². The Kier molecular flexibility index (Phi) is 3.83. The predicted octanol–water partition coefficient (Wildman–Crippen LogP) is -1.70. The van der Waals surface area contributed by atoms with Crippen molar-refractivity contribution in [2.24, 2.45) is 0 Å². The zero-order chi connectivity index (χ0) is 16.7. The van der Waals surface area contributed by atoms with Gasteiger partial charge in [-0.05, 0) is 6.92 Å². The van der Waals surface area contributed by atoms with Gasteiger partial charge in [-0.2, -0.15) is 14.4 Å². The number of fused-ring (bicyclic) bond motifs is 1. The first-order valence-electron chi connectivity index (χ1n) is 6.89. The highest BCUT2D eigenvalue weighted by Crippen LogP contribution is 2.32. The third-order valence-electron chi connectivity index (χ3n) is 3.54. The minimum Gasteiger partial charge on any atom is -0.387 e. The number of hydrogen-bond donors (Lipinski definition) is 4. The van der Waals surface area contributed by atoms with Crippen molar-refractivity contribution in [3.05, 3.63) is 12.4 Å². The van der Waals surface area contributed by atoms with Gasteiger partial charge >= 0.3 is 6.08 Å². The zero-order valence-electron chi connectivity index (χ0n) is 12.0. The number of aromatic nitrogens is 4. The van der Waals surface area contributed by atoms with Crippen LogP contribution in [0.3, 0.4) is 0 Å². The molecule has 10 nitrogen and oxygen atoms in total. The smallest absolute Gasteiger partial charge is 0.312 e. The molecule has 2 aromatic heterocycles. The molecule has 0 spiro atoms. The van der Waals surface area contributed by atoms with Crippen molar-refractivity contribution in [2.75, 3.05) is 12.3 Å². The highest BCUT2D eigenvalue weighted by atomic mass is 19.1. The van der Waals surface area contributed by atoms with Crippen molar-refractivity contribution in [3.8, 4) is 0 Å². The lowest BCUT2D eigenvalue weighted by molar-refractivity contribution is -0.137. The van der Waals surface area contributed by atoms with Crippen LogP contribution in [0.25, 0.3) is 11.2 Å². The zero-order valence-corrected chi connectivity index (χ0v) is 12.0. The molecule has 0 saturated carbocycles. The van der Waals surface area contributed by atoms with Crippen molar-refractivity contribution >= 4 is 22.9 Å². The number of aliphatic hydroxyl groups is 2. The van der Waals surface area contributed by atoms with Gasteiger partial charge in [-0.25, -0.2) is 4.98 Å². The SMILES string of the molecule is CCNC(=O)[C@H]1O[C@@H](n2cnc3c(N)nc(F)nc32)[C@H](O)[C@@H]1O. The minimum absolute atomic E-state index is 0.0113. The fraction of sp³-hybridized carbons (Fsp3) is 0.500. The van der Waals surface area contributed by atoms with Gasteiger partial charge in [0.05, 0.1) is 6.33 Å². The number of imidazole rings is 1. The molecule has 5 N–H and O–H groups in total. The minimum atomic E-state index is -1.45. The van der Waals surface area contributed by atoms with E-state index in [1.54, 1.807) is 6.92 Å². The van der Waals surface area contributed by atoms with Crippen LogP contribution in [0.2, 0.25) is 0 Å². The number of amides is 1. The Hall–Kier alpha value is -2.37. The van der Waals surface area contributed by atoms with Crippen LogP contribution in [0.1, 0.15) is 13.2 Å². The first-order valence-corrected chi connectivity index (χ1v) is 6.89. The van der Waals surface area contributed by atoms with Gasteiger partial charge in [-0.3, -0.25) is 9.36 Å². The van der Waals surface area contributed by atoms with Crippen LogP contribution in [-0.2, 0) is 9.53 Å². The fourth-order valence-corrected chi connectivity index (χ4v) is 2.48. The quantitative estimate of drug-likeness (QED) is 0.488. The molecule has 3 rings (SSSR count). The molecule has 0 aromatic carbocycles. The highest BCUT2D eigenvalue weighted by Gasteiger charge is 2.47. The van der Waals surface area contributed by atoms with E-state index in [1.807, 2.05) is 0 Å². The van der Waals surface area contributed by atoms with Gasteiger partial charge in [0, 0.05) is 6.54 Å². The fourth-order valence-electron chi connectivity index (χ4n) is 2.48. The Morgan fingerprint density at radius 1 is 1.48 bits per heavy atom. The topological polar surface area (TPSA) is 148 Å². The molecule has 2 aromatic rings. The predicted molar refractivity (Wildman–Crippen MR) is 74.3 cm³/mol. The molecule has 4 atom stereocenters. The molecule has 1 aliphatic rings. The van der Waals surface area contributed by atoms with Gasteiger partial charge in [0.25, 0.3) is 5.91 Å². The Balaban J connectivity index is 1.98. The maximum absolute atomic E-state index is 13.4. The second kappa shape index (κ2) is 5.68. The van der Waals surface area contributed by atoms with Gasteiger partial charge in [-0.1, -0.05) is 0 Å². The van der Waals surface area contributed by atoms with Crippen molar-refractivity contribution in [1.29, 1.82) is 0 Å². The van der Waals surface area contributed by atoms with E-state index < -0.39 is 36.5 Å². The molecule has 0 bridgehead atoms. The van der Waals surface area contributed by atoms with Crippen LogP contribution in [-0.4, -0.2) is 60.5 Å². The molecule has 23 heavy (non-hydrogen) atoms. The second-order valence-electron chi connectivity index (χ2n) is 5.02. The van der Waals surface area contributed by atoms with E-state index in [4.69, 9.17) is 10.5 Å². The highest BCUT2D eigenvalue weighted by molar-refractivity contribution is 5.82. The van der Waals surface area contributed by atoms with E-state index in [0.717, 1.165) is 0 Å². The second-order valence-corrected chi connectivity index (χ2v) is 5.02. The number of nitrogens with zero attached hydrogens (tertiary/aromatic N) is 4. The van der Waals surface area contributed by atoms with Crippen LogP contribution >= 0.6 is 0 Å². The molecule has 1 aliphatic heterocycles. The standard InChI is InChI=1S/C12H15FN6O4/c1-2-15-10(22)7-5(20)6(21)11(23-7)19-3-16-4-8(14)17-12(13)18-9(4)19/h3,5-7,11,20-21H,2H2,1H3,(H,15,22)(H2,14,17,18)/t5-,6+,7-,11+/m0/s1. The van der Waals surface area contributed by atoms with Gasteiger partial charge in [0.2, 0.25) is 0 Å². The first kappa shape index (κ1) is 15.5. The summed E-state index contributed by atoms with van der Waals surface area (Å²) in [5, 5.41) is 22.6. The number of carbonyl (C=O) groups is 1. The third kappa shape index (κ3) is 2.48. The van der Waals surface area contributed by atoms with Crippen LogP contribution in [0.4, 0.5) is 10.2 Å². The molecule has 3 heterocycles. The first-order chi connectivity index (χ1) is 10.9. The summed E-state index contributed by atoms with van der Waals surface area (Å²) < 4.78 is 20.0. The number of nitrogens with two attached hydrogens (primary N) is 1. The summed E-state index contributed by atoms with van der Waals surface area (Å²) in [5.74, 6) is -0.731. The largest absolute Gasteiger partial charge is 0.387 e. The summed E-state index contributed by atoms with van der Waals surface area (Å²) in [6.45, 7) is 2.05. The summed E-state index contributed by atoms with van der Waals surface area (Å²) in [7, 11) is 0. The summed E-state index contributed by atoms with van der Waals surface area (Å²) in [6.07, 6.45) is -5.17. The van der Waals surface area contributed by atoms with Crippen LogP contribution in [0, 0.1) is 6.08 Å². The van der Waals surface area contributed by atoms with E-state index >= 15 is 0 Å². The number of anilines is 1. The maximum atomic E-state index is 13.4. The van der Waals surface area contributed by atoms with E-state index in [-0.39, 0.29) is 17.0 Å². The average Bonchev–Trinajstić information content (AvgIpc) is 3.02. The van der Waals surface area contributed by atoms with Gasteiger partial charge in [0.15, 0.2) is 29.3 Å². The van der Waals surface area contributed by atoms with Gasteiger partial charge < -0.3 is 26.0 Å². The number of nitrogens with one attached hydrogen (secondary N) is 1. The summed E-state index contributed by atoms with van der Waals surface area (Å²) in [4.78, 5) is 22.7. The van der Waals surface area contributed by atoms with Crippen molar-refractivity contribution in [1.82, 2.24) is 24.8 Å². The molecule has 0 unspecified atom stereocenters. The molecule has 0 aliphatic carbocycles. The number of hydrogen-bond acceptors (Lipinski definition) is 8. The number of rotatable bonds is 3. The summed E-state index contributed by atoms with van der Waals surface area (Å²) in [5.41, 5.74) is 5.67.